The monoisotopic (exact) mass is 471 g/mol. The lowest BCUT2D eigenvalue weighted by atomic mass is 9.90. The van der Waals surface area contributed by atoms with Crippen molar-refractivity contribution in [1.29, 1.82) is 0 Å². The number of pyridine rings is 1. The van der Waals surface area contributed by atoms with Gasteiger partial charge in [-0.1, -0.05) is 6.07 Å². The summed E-state index contributed by atoms with van der Waals surface area (Å²) in [5.41, 5.74) is 2.41. The average Bonchev–Trinajstić information content (AvgIpc) is 3.47. The normalized spacial score (nSPS) is 20.0. The van der Waals surface area contributed by atoms with E-state index in [9.17, 15) is 4.79 Å². The van der Waals surface area contributed by atoms with E-state index in [1.54, 1.807) is 12.4 Å². The third-order valence-electron chi connectivity index (χ3n) is 7.01. The van der Waals surface area contributed by atoms with Crippen molar-refractivity contribution in [3.63, 3.8) is 0 Å². The van der Waals surface area contributed by atoms with Crippen molar-refractivity contribution in [2.75, 3.05) is 17.3 Å². The number of nitrogens with zero attached hydrogens (tertiary/aromatic N) is 6. The Morgan fingerprint density at radius 1 is 1.09 bits per heavy atom. The van der Waals surface area contributed by atoms with Crippen molar-refractivity contribution in [3.05, 3.63) is 60.3 Å². The summed E-state index contributed by atoms with van der Waals surface area (Å²) in [4.78, 5) is 28.5. The van der Waals surface area contributed by atoms with Crippen LogP contribution in [0.5, 0.6) is 0 Å². The first-order chi connectivity index (χ1) is 17.1. The largest absolute Gasteiger partial charge is 0.348 e. The summed E-state index contributed by atoms with van der Waals surface area (Å²) in [6.07, 6.45) is 11.6. The summed E-state index contributed by atoms with van der Waals surface area (Å²) in [6, 6.07) is 10.1. The Hall–Kier alpha value is -3.95. The van der Waals surface area contributed by atoms with Gasteiger partial charge in [0.2, 0.25) is 5.95 Å². The quantitative estimate of drug-likeness (QED) is 0.377. The number of rotatable bonds is 7. The van der Waals surface area contributed by atoms with Crippen LogP contribution in [-0.4, -0.2) is 54.6 Å². The maximum absolute atomic E-state index is 12.7. The highest BCUT2D eigenvalue weighted by Gasteiger charge is 2.28. The van der Waals surface area contributed by atoms with Crippen molar-refractivity contribution < 1.29 is 4.79 Å². The van der Waals surface area contributed by atoms with E-state index in [2.05, 4.69) is 41.8 Å². The smallest absolute Gasteiger partial charge is 0.271 e. The number of carbonyl (C=O) groups is 1. The molecule has 2 aliphatic carbocycles. The molecule has 1 amide bonds. The lowest BCUT2D eigenvalue weighted by Gasteiger charge is -2.35. The number of anilines is 3. The zero-order valence-corrected chi connectivity index (χ0v) is 19.7. The maximum atomic E-state index is 12.7. The number of aromatic amines is 1. The summed E-state index contributed by atoms with van der Waals surface area (Å²) >= 11 is 0. The highest BCUT2D eigenvalue weighted by molar-refractivity contribution is 5.93. The van der Waals surface area contributed by atoms with Gasteiger partial charge in [0, 0.05) is 55.4 Å². The predicted octanol–water partition coefficient (Wildman–Crippen LogP) is 3.65. The Bertz CT molecular complexity index is 1300. The first-order valence-corrected chi connectivity index (χ1v) is 12.3. The van der Waals surface area contributed by atoms with E-state index < -0.39 is 0 Å². The molecule has 10 heteroatoms. The minimum atomic E-state index is -0.115. The second-order valence-corrected chi connectivity index (χ2v) is 9.53. The summed E-state index contributed by atoms with van der Waals surface area (Å²) in [5.74, 6) is 2.70. The molecule has 0 aromatic carbocycles. The average molecular weight is 472 g/mol. The maximum Gasteiger partial charge on any atom is 0.271 e. The van der Waals surface area contributed by atoms with Gasteiger partial charge < -0.3 is 19.9 Å². The van der Waals surface area contributed by atoms with Crippen LogP contribution in [0.15, 0.2) is 48.9 Å². The first kappa shape index (κ1) is 21.6. The fourth-order valence-corrected chi connectivity index (χ4v) is 4.80. The molecule has 0 atom stereocenters. The number of nitrogens with one attached hydrogen (secondary N) is 3. The third kappa shape index (κ3) is 4.68. The number of fused-ring (bicyclic) bond motifs is 1. The summed E-state index contributed by atoms with van der Waals surface area (Å²) < 4.78 is 1.86. The van der Waals surface area contributed by atoms with Crippen LogP contribution in [0.3, 0.4) is 0 Å². The molecule has 0 unspecified atom stereocenters. The Morgan fingerprint density at radius 2 is 1.94 bits per heavy atom. The standard InChI is InChI=1S/C25H29N9O/c1-33(25-26-12-11-21(30-25)29-22-14-19(31-32-22)16-5-6-16)18-9-7-17(8-10-18)27-24(35)20-15-34-13-3-2-4-23(34)28-20/h2-4,11-18H,5-10H2,1H3,(H,27,35)(H2,26,29,30,31,32). The number of carbonyl (C=O) groups excluding carboxylic acids is 1. The second-order valence-electron chi connectivity index (χ2n) is 9.53. The Kier molecular flexibility index (Phi) is 5.55. The van der Waals surface area contributed by atoms with Gasteiger partial charge >= 0.3 is 0 Å². The molecular formula is C25H29N9O. The van der Waals surface area contributed by atoms with Gasteiger partial charge in [0.15, 0.2) is 5.82 Å². The summed E-state index contributed by atoms with van der Waals surface area (Å²) in [7, 11) is 2.04. The minimum absolute atomic E-state index is 0.115. The van der Waals surface area contributed by atoms with Crippen LogP contribution in [0, 0.1) is 0 Å². The number of imidazole rings is 1. The summed E-state index contributed by atoms with van der Waals surface area (Å²) in [5, 5.41) is 13.9. The van der Waals surface area contributed by atoms with Gasteiger partial charge in [0.25, 0.3) is 5.91 Å². The molecule has 4 heterocycles. The number of amides is 1. The second kappa shape index (κ2) is 9.01. The predicted molar refractivity (Wildman–Crippen MR) is 133 cm³/mol. The van der Waals surface area contributed by atoms with E-state index in [0.717, 1.165) is 43.0 Å². The van der Waals surface area contributed by atoms with E-state index in [0.29, 0.717) is 23.6 Å². The van der Waals surface area contributed by atoms with Crippen LogP contribution in [0.2, 0.25) is 0 Å². The first-order valence-electron chi connectivity index (χ1n) is 12.3. The molecule has 10 nitrogen and oxygen atoms in total. The van der Waals surface area contributed by atoms with Crippen LogP contribution in [0.4, 0.5) is 17.6 Å². The Balaban J connectivity index is 1.04. The number of aromatic nitrogens is 6. The molecule has 2 aliphatic rings. The van der Waals surface area contributed by atoms with Gasteiger partial charge in [0.05, 0.1) is 0 Å². The van der Waals surface area contributed by atoms with E-state index in [4.69, 9.17) is 4.98 Å². The van der Waals surface area contributed by atoms with Gasteiger partial charge in [-0.15, -0.1) is 0 Å². The molecule has 35 heavy (non-hydrogen) atoms. The fraction of sp³-hybridized carbons (Fsp3) is 0.400. The molecule has 0 bridgehead atoms. The molecular weight excluding hydrogens is 442 g/mol. The van der Waals surface area contributed by atoms with Crippen LogP contribution in [-0.2, 0) is 0 Å². The van der Waals surface area contributed by atoms with E-state index in [1.807, 2.05) is 41.9 Å². The summed E-state index contributed by atoms with van der Waals surface area (Å²) in [6.45, 7) is 0. The zero-order valence-electron chi connectivity index (χ0n) is 19.7. The molecule has 0 saturated heterocycles. The van der Waals surface area contributed by atoms with Gasteiger partial charge in [-0.3, -0.25) is 9.89 Å². The van der Waals surface area contributed by atoms with E-state index in [-0.39, 0.29) is 11.9 Å². The van der Waals surface area contributed by atoms with Crippen LogP contribution < -0.4 is 15.5 Å². The molecule has 2 saturated carbocycles. The van der Waals surface area contributed by atoms with Crippen molar-refractivity contribution >= 4 is 29.1 Å². The van der Waals surface area contributed by atoms with Crippen LogP contribution in [0.1, 0.15) is 60.6 Å². The molecule has 4 aromatic heterocycles. The van der Waals surface area contributed by atoms with Crippen molar-refractivity contribution in [2.24, 2.45) is 0 Å². The highest BCUT2D eigenvalue weighted by Crippen LogP contribution is 2.39. The zero-order chi connectivity index (χ0) is 23.8. The lowest BCUT2D eigenvalue weighted by Crippen LogP contribution is -2.43. The third-order valence-corrected chi connectivity index (χ3v) is 7.01. The lowest BCUT2D eigenvalue weighted by molar-refractivity contribution is 0.0921. The van der Waals surface area contributed by atoms with Crippen molar-refractivity contribution in [2.45, 2.75) is 56.5 Å². The minimum Gasteiger partial charge on any atom is -0.348 e. The molecule has 6 rings (SSSR count). The molecule has 0 spiro atoms. The number of H-pyrrole nitrogens is 1. The van der Waals surface area contributed by atoms with Crippen LogP contribution >= 0.6 is 0 Å². The van der Waals surface area contributed by atoms with Crippen molar-refractivity contribution in [3.8, 4) is 0 Å². The highest BCUT2D eigenvalue weighted by atomic mass is 16.2. The molecule has 0 radical (unpaired) electrons. The van der Waals surface area contributed by atoms with Gasteiger partial charge in [-0.2, -0.15) is 10.1 Å². The van der Waals surface area contributed by atoms with Crippen LogP contribution in [0.25, 0.3) is 5.65 Å². The van der Waals surface area contributed by atoms with E-state index in [1.165, 1.54) is 18.5 Å². The fourth-order valence-electron chi connectivity index (χ4n) is 4.80. The molecule has 0 aliphatic heterocycles. The van der Waals surface area contributed by atoms with Crippen molar-refractivity contribution in [1.82, 2.24) is 34.9 Å². The van der Waals surface area contributed by atoms with Gasteiger partial charge in [-0.05, 0) is 56.7 Å². The van der Waals surface area contributed by atoms with Gasteiger partial charge in [0.1, 0.15) is 17.2 Å². The van der Waals surface area contributed by atoms with Gasteiger partial charge in [-0.25, -0.2) is 9.97 Å². The molecule has 2 fully saturated rings. The molecule has 3 N–H and O–H groups in total. The molecule has 4 aromatic rings. The Morgan fingerprint density at radius 3 is 2.74 bits per heavy atom. The SMILES string of the molecule is CN(c1nccc(Nc2cc(C3CC3)[nH]n2)n1)C1CCC(NC(=O)c2cn3ccccc3n2)CC1. The van der Waals surface area contributed by atoms with E-state index >= 15 is 0 Å². The molecule has 180 valence electrons. The number of hydrogen-bond donors (Lipinski definition) is 3. The number of hydrogen-bond acceptors (Lipinski definition) is 7. The topological polar surface area (TPSA) is 116 Å². The Labute approximate surface area is 203 Å².